The van der Waals surface area contributed by atoms with Crippen molar-refractivity contribution >= 4 is 12.6 Å². The first-order valence-electron chi connectivity index (χ1n) is 5.02. The van der Waals surface area contributed by atoms with Gasteiger partial charge in [0.2, 0.25) is 0 Å². The molecule has 14 heavy (non-hydrogen) atoms. The Morgan fingerprint density at radius 2 is 2.21 bits per heavy atom. The maximum absolute atomic E-state index is 4.48. The summed E-state index contributed by atoms with van der Waals surface area (Å²) in [4.78, 5) is 6.82. The zero-order chi connectivity index (χ0) is 10.4. The minimum Gasteiger partial charge on any atom is -0.297 e. The lowest BCUT2D eigenvalue weighted by Crippen LogP contribution is -2.25. The van der Waals surface area contributed by atoms with Crippen molar-refractivity contribution in [2.75, 3.05) is 18.8 Å². The van der Waals surface area contributed by atoms with Gasteiger partial charge in [-0.05, 0) is 25.6 Å². The molecule has 78 valence electrons. The fourth-order valence-electron chi connectivity index (χ4n) is 1.41. The van der Waals surface area contributed by atoms with Crippen LogP contribution in [0, 0.1) is 6.92 Å². The topological polar surface area (TPSA) is 16.1 Å². The van der Waals surface area contributed by atoms with Crippen LogP contribution in [0.5, 0.6) is 0 Å². The number of hydrogen-bond donors (Lipinski definition) is 1. The predicted octanol–water partition coefficient (Wildman–Crippen LogP) is 2.14. The largest absolute Gasteiger partial charge is 0.297 e. The average molecular weight is 210 g/mol. The van der Waals surface area contributed by atoms with Crippen LogP contribution >= 0.6 is 12.6 Å². The Morgan fingerprint density at radius 3 is 2.79 bits per heavy atom. The highest BCUT2D eigenvalue weighted by Gasteiger charge is 2.03. The van der Waals surface area contributed by atoms with Crippen LogP contribution in [0.4, 0.5) is 0 Å². The number of pyridine rings is 1. The molecule has 0 aliphatic carbocycles. The summed E-state index contributed by atoms with van der Waals surface area (Å²) in [5, 5.41) is 0. The van der Waals surface area contributed by atoms with Crippen LogP contribution in [0.25, 0.3) is 0 Å². The lowest BCUT2D eigenvalue weighted by atomic mass is 10.3. The van der Waals surface area contributed by atoms with Gasteiger partial charge in [0.1, 0.15) is 0 Å². The lowest BCUT2D eigenvalue weighted by Gasteiger charge is -2.18. The summed E-state index contributed by atoms with van der Waals surface area (Å²) in [6.07, 6.45) is 0. The fourth-order valence-corrected chi connectivity index (χ4v) is 1.69. The first kappa shape index (κ1) is 11.5. The molecule has 1 aromatic heterocycles. The molecule has 0 radical (unpaired) electrons. The summed E-state index contributed by atoms with van der Waals surface area (Å²) in [5.74, 6) is 0.902. The predicted molar refractivity (Wildman–Crippen MR) is 63.8 cm³/mol. The molecular weight excluding hydrogens is 192 g/mol. The third-order valence-corrected chi connectivity index (χ3v) is 2.40. The smallest absolute Gasteiger partial charge is 0.0547 e. The highest BCUT2D eigenvalue weighted by molar-refractivity contribution is 7.80. The third-order valence-electron chi connectivity index (χ3n) is 2.20. The Morgan fingerprint density at radius 1 is 1.43 bits per heavy atom. The average Bonchev–Trinajstić information content (AvgIpc) is 2.17. The minimum atomic E-state index is 0.902. The molecular formula is C11H18N2S. The molecule has 0 bridgehead atoms. The highest BCUT2D eigenvalue weighted by Crippen LogP contribution is 2.03. The summed E-state index contributed by atoms with van der Waals surface area (Å²) >= 11 is 4.24. The van der Waals surface area contributed by atoms with Crippen molar-refractivity contribution in [2.45, 2.75) is 20.4 Å². The van der Waals surface area contributed by atoms with Crippen LogP contribution in [0.15, 0.2) is 18.2 Å². The molecule has 0 saturated heterocycles. The van der Waals surface area contributed by atoms with E-state index in [9.17, 15) is 0 Å². The van der Waals surface area contributed by atoms with E-state index in [1.807, 2.05) is 13.0 Å². The monoisotopic (exact) mass is 210 g/mol. The second-order valence-electron chi connectivity index (χ2n) is 3.36. The Labute approximate surface area is 91.8 Å². The van der Waals surface area contributed by atoms with Crippen molar-refractivity contribution in [2.24, 2.45) is 0 Å². The Bertz CT molecular complexity index is 276. The number of hydrogen-bond acceptors (Lipinski definition) is 3. The van der Waals surface area contributed by atoms with Crippen LogP contribution in [0.1, 0.15) is 18.3 Å². The van der Waals surface area contributed by atoms with Crippen LogP contribution < -0.4 is 0 Å². The maximum Gasteiger partial charge on any atom is 0.0547 e. The van der Waals surface area contributed by atoms with Crippen molar-refractivity contribution < 1.29 is 0 Å². The molecule has 2 nitrogen and oxygen atoms in total. The van der Waals surface area contributed by atoms with Gasteiger partial charge in [0, 0.05) is 24.5 Å². The first-order valence-corrected chi connectivity index (χ1v) is 5.65. The van der Waals surface area contributed by atoms with Gasteiger partial charge in [0.05, 0.1) is 5.69 Å². The van der Waals surface area contributed by atoms with E-state index in [1.165, 1.54) is 0 Å². The van der Waals surface area contributed by atoms with E-state index in [4.69, 9.17) is 0 Å². The van der Waals surface area contributed by atoms with Crippen molar-refractivity contribution in [1.82, 2.24) is 9.88 Å². The van der Waals surface area contributed by atoms with Crippen molar-refractivity contribution in [3.63, 3.8) is 0 Å². The molecule has 0 spiro atoms. The van der Waals surface area contributed by atoms with Crippen LogP contribution in [0.2, 0.25) is 0 Å². The third kappa shape index (κ3) is 3.68. The molecule has 0 aromatic carbocycles. The van der Waals surface area contributed by atoms with E-state index in [2.05, 4.69) is 41.6 Å². The van der Waals surface area contributed by atoms with Crippen molar-refractivity contribution in [3.05, 3.63) is 29.6 Å². The highest BCUT2D eigenvalue weighted by atomic mass is 32.1. The SMILES string of the molecule is CCN(CCS)Cc1cccc(C)n1. The number of aryl methyl sites for hydroxylation is 1. The normalized spacial score (nSPS) is 10.9. The zero-order valence-electron chi connectivity index (χ0n) is 8.90. The van der Waals surface area contributed by atoms with Gasteiger partial charge in [0.15, 0.2) is 0 Å². The summed E-state index contributed by atoms with van der Waals surface area (Å²) < 4.78 is 0. The van der Waals surface area contributed by atoms with E-state index < -0.39 is 0 Å². The van der Waals surface area contributed by atoms with E-state index in [0.29, 0.717) is 0 Å². The summed E-state index contributed by atoms with van der Waals surface area (Å²) in [7, 11) is 0. The summed E-state index contributed by atoms with van der Waals surface area (Å²) in [6.45, 7) is 7.20. The van der Waals surface area contributed by atoms with E-state index in [1.54, 1.807) is 0 Å². The molecule has 1 rings (SSSR count). The lowest BCUT2D eigenvalue weighted by molar-refractivity contribution is 0.295. The van der Waals surface area contributed by atoms with Gasteiger partial charge in [-0.2, -0.15) is 12.6 Å². The minimum absolute atomic E-state index is 0.902. The van der Waals surface area contributed by atoms with Crippen molar-refractivity contribution in [3.8, 4) is 0 Å². The number of nitrogens with zero attached hydrogens (tertiary/aromatic N) is 2. The van der Waals surface area contributed by atoms with E-state index in [-0.39, 0.29) is 0 Å². The molecule has 0 saturated carbocycles. The Hall–Kier alpha value is -0.540. The number of thiol groups is 1. The summed E-state index contributed by atoms with van der Waals surface area (Å²) in [6, 6.07) is 6.17. The second kappa shape index (κ2) is 6.04. The van der Waals surface area contributed by atoms with Crippen molar-refractivity contribution in [1.29, 1.82) is 0 Å². The standard InChI is InChI=1S/C11H18N2S/c1-3-13(7-8-14)9-11-6-4-5-10(2)12-11/h4-6,14H,3,7-9H2,1-2H3. The molecule has 1 aromatic rings. The molecule has 0 amide bonds. The molecule has 3 heteroatoms. The number of aromatic nitrogens is 1. The van der Waals surface area contributed by atoms with Crippen LogP contribution in [-0.2, 0) is 6.54 Å². The van der Waals surface area contributed by atoms with Gasteiger partial charge in [-0.1, -0.05) is 13.0 Å². The summed E-state index contributed by atoms with van der Waals surface area (Å²) in [5.41, 5.74) is 2.23. The van der Waals surface area contributed by atoms with E-state index in [0.717, 1.165) is 36.8 Å². The second-order valence-corrected chi connectivity index (χ2v) is 3.81. The fraction of sp³-hybridized carbons (Fsp3) is 0.545. The van der Waals surface area contributed by atoms with Gasteiger partial charge in [-0.25, -0.2) is 0 Å². The quantitative estimate of drug-likeness (QED) is 0.750. The van der Waals surface area contributed by atoms with Crippen LogP contribution in [-0.4, -0.2) is 28.7 Å². The van der Waals surface area contributed by atoms with Gasteiger partial charge in [-0.3, -0.25) is 9.88 Å². The van der Waals surface area contributed by atoms with Gasteiger partial charge < -0.3 is 0 Å². The number of rotatable bonds is 5. The van der Waals surface area contributed by atoms with Gasteiger partial charge >= 0.3 is 0 Å². The molecule has 0 atom stereocenters. The Balaban J connectivity index is 2.57. The molecule has 0 N–H and O–H groups in total. The molecule has 1 heterocycles. The molecule has 0 aliphatic heterocycles. The van der Waals surface area contributed by atoms with Gasteiger partial charge in [0.25, 0.3) is 0 Å². The van der Waals surface area contributed by atoms with Crippen LogP contribution in [0.3, 0.4) is 0 Å². The Kier molecular flexibility index (Phi) is 4.98. The zero-order valence-corrected chi connectivity index (χ0v) is 9.80. The molecule has 0 unspecified atom stereocenters. The molecule has 0 fully saturated rings. The maximum atomic E-state index is 4.48. The first-order chi connectivity index (χ1) is 6.76. The molecule has 0 aliphatic rings. The van der Waals surface area contributed by atoms with Gasteiger partial charge in [-0.15, -0.1) is 0 Å². The van der Waals surface area contributed by atoms with E-state index >= 15 is 0 Å².